The van der Waals surface area contributed by atoms with Crippen molar-refractivity contribution in [1.82, 2.24) is 0 Å². The van der Waals surface area contributed by atoms with Gasteiger partial charge in [0.1, 0.15) is 6.10 Å². The van der Waals surface area contributed by atoms with Gasteiger partial charge in [-0.3, -0.25) is 9.59 Å². The molecule has 0 aliphatic carbocycles. The van der Waals surface area contributed by atoms with Crippen molar-refractivity contribution in [1.29, 1.82) is 0 Å². The van der Waals surface area contributed by atoms with E-state index in [-0.39, 0.29) is 6.42 Å². The number of amides is 1. The fourth-order valence-electron chi connectivity index (χ4n) is 1.36. The lowest BCUT2D eigenvalue weighted by atomic mass is 9.99. The van der Waals surface area contributed by atoms with E-state index in [1.807, 2.05) is 0 Å². The van der Waals surface area contributed by atoms with E-state index < -0.39 is 23.8 Å². The standard InChI is InChI=1S/C11H15N3O3/c12-7-3-1-6(2-4-7)10(16)11(17)8(13)5-9(14)15/h1-4,8,10,16H,5,12-13H2,(H2,14,15)/t8-,10?/m0/s1. The van der Waals surface area contributed by atoms with Gasteiger partial charge in [-0.15, -0.1) is 0 Å². The van der Waals surface area contributed by atoms with Crippen LogP contribution in [0, 0.1) is 0 Å². The molecule has 17 heavy (non-hydrogen) atoms. The highest BCUT2D eigenvalue weighted by molar-refractivity contribution is 5.92. The van der Waals surface area contributed by atoms with Gasteiger partial charge in [0.05, 0.1) is 6.04 Å². The summed E-state index contributed by atoms with van der Waals surface area (Å²) >= 11 is 0. The zero-order valence-electron chi connectivity index (χ0n) is 9.17. The molecule has 1 unspecified atom stereocenters. The molecule has 0 spiro atoms. The number of aliphatic hydroxyl groups excluding tert-OH is 1. The smallest absolute Gasteiger partial charge is 0.219 e. The van der Waals surface area contributed by atoms with Crippen LogP contribution >= 0.6 is 0 Å². The van der Waals surface area contributed by atoms with E-state index in [0.29, 0.717) is 11.3 Å². The van der Waals surface area contributed by atoms with Crippen LogP contribution in [0.1, 0.15) is 18.1 Å². The summed E-state index contributed by atoms with van der Waals surface area (Å²) in [6.45, 7) is 0. The van der Waals surface area contributed by atoms with Crippen molar-refractivity contribution in [2.45, 2.75) is 18.6 Å². The van der Waals surface area contributed by atoms with Crippen molar-refractivity contribution in [3.63, 3.8) is 0 Å². The summed E-state index contributed by atoms with van der Waals surface area (Å²) in [7, 11) is 0. The summed E-state index contributed by atoms with van der Waals surface area (Å²) in [5.74, 6) is -1.33. The summed E-state index contributed by atoms with van der Waals surface area (Å²) in [5.41, 5.74) is 16.7. The van der Waals surface area contributed by atoms with Gasteiger partial charge < -0.3 is 22.3 Å². The van der Waals surface area contributed by atoms with E-state index in [1.54, 1.807) is 12.1 Å². The molecule has 6 nitrogen and oxygen atoms in total. The van der Waals surface area contributed by atoms with Crippen molar-refractivity contribution in [3.8, 4) is 0 Å². The van der Waals surface area contributed by atoms with Crippen molar-refractivity contribution >= 4 is 17.4 Å². The second-order valence-electron chi connectivity index (χ2n) is 3.75. The number of nitrogens with two attached hydrogens (primary N) is 3. The Balaban J connectivity index is 2.75. The predicted octanol–water partition coefficient (Wildman–Crippen LogP) is -0.926. The molecule has 92 valence electrons. The summed E-state index contributed by atoms with van der Waals surface area (Å²) in [4.78, 5) is 22.3. The number of anilines is 1. The number of hydrogen-bond donors (Lipinski definition) is 4. The molecule has 7 N–H and O–H groups in total. The van der Waals surface area contributed by atoms with Crippen LogP contribution < -0.4 is 17.2 Å². The topological polar surface area (TPSA) is 132 Å². The number of carbonyl (C=O) groups excluding carboxylic acids is 2. The Hall–Kier alpha value is -1.92. The molecule has 0 aliphatic rings. The molecule has 1 aromatic rings. The number of benzene rings is 1. The Kier molecular flexibility index (Phi) is 4.19. The van der Waals surface area contributed by atoms with Gasteiger partial charge in [-0.05, 0) is 17.7 Å². The van der Waals surface area contributed by atoms with Crippen molar-refractivity contribution < 1.29 is 14.7 Å². The maximum atomic E-state index is 11.6. The average Bonchev–Trinajstić information content (AvgIpc) is 2.27. The first-order chi connectivity index (χ1) is 7.91. The molecule has 0 aromatic heterocycles. The molecule has 1 aromatic carbocycles. The van der Waals surface area contributed by atoms with Gasteiger partial charge in [-0.25, -0.2) is 0 Å². The lowest BCUT2D eigenvalue weighted by molar-refractivity contribution is -0.131. The number of primary amides is 1. The number of nitrogen functional groups attached to an aromatic ring is 1. The highest BCUT2D eigenvalue weighted by atomic mass is 16.3. The molecule has 0 bridgehead atoms. The molecule has 1 amide bonds. The first-order valence-electron chi connectivity index (χ1n) is 5.03. The Morgan fingerprint density at radius 2 is 1.76 bits per heavy atom. The largest absolute Gasteiger partial charge is 0.399 e. The van der Waals surface area contributed by atoms with E-state index in [0.717, 1.165) is 0 Å². The molecule has 0 saturated carbocycles. The molecular weight excluding hydrogens is 222 g/mol. The SMILES string of the molecule is NC(=O)C[C@H](N)C(=O)C(O)c1ccc(N)cc1. The first-order valence-corrected chi connectivity index (χ1v) is 5.03. The van der Waals surface area contributed by atoms with Crippen molar-refractivity contribution in [2.24, 2.45) is 11.5 Å². The fourth-order valence-corrected chi connectivity index (χ4v) is 1.36. The van der Waals surface area contributed by atoms with Crippen LogP contribution in [0.25, 0.3) is 0 Å². The van der Waals surface area contributed by atoms with Gasteiger partial charge >= 0.3 is 0 Å². The summed E-state index contributed by atoms with van der Waals surface area (Å²) in [6, 6.07) is 5.07. The molecule has 6 heteroatoms. The quantitative estimate of drug-likeness (QED) is 0.491. The van der Waals surface area contributed by atoms with Crippen molar-refractivity contribution in [2.75, 3.05) is 5.73 Å². The van der Waals surface area contributed by atoms with Crippen LogP contribution in [-0.4, -0.2) is 22.8 Å². The van der Waals surface area contributed by atoms with Crippen LogP contribution in [0.15, 0.2) is 24.3 Å². The van der Waals surface area contributed by atoms with Crippen LogP contribution in [0.4, 0.5) is 5.69 Å². The monoisotopic (exact) mass is 237 g/mol. The molecule has 0 aliphatic heterocycles. The zero-order chi connectivity index (χ0) is 13.0. The Bertz CT molecular complexity index is 416. The minimum atomic E-state index is -1.37. The first kappa shape index (κ1) is 13.1. The number of ketones is 1. The second-order valence-corrected chi connectivity index (χ2v) is 3.75. The van der Waals surface area contributed by atoms with E-state index >= 15 is 0 Å². The van der Waals surface area contributed by atoms with Crippen LogP contribution in [0.5, 0.6) is 0 Å². The van der Waals surface area contributed by atoms with Crippen molar-refractivity contribution in [3.05, 3.63) is 29.8 Å². The summed E-state index contributed by atoms with van der Waals surface area (Å²) in [6.07, 6.45) is -1.66. The normalized spacial score (nSPS) is 14.0. The summed E-state index contributed by atoms with van der Waals surface area (Å²) in [5, 5.41) is 9.74. The van der Waals surface area contributed by atoms with Crippen LogP contribution in [0.2, 0.25) is 0 Å². The Labute approximate surface area is 98.4 Å². The van der Waals surface area contributed by atoms with Gasteiger partial charge in [0.25, 0.3) is 0 Å². The number of Topliss-reactive ketones (excluding diaryl/α,β-unsaturated/α-hetero) is 1. The molecule has 0 radical (unpaired) electrons. The van der Waals surface area contributed by atoms with E-state index in [1.165, 1.54) is 12.1 Å². The number of rotatable bonds is 5. The maximum absolute atomic E-state index is 11.6. The van der Waals surface area contributed by atoms with Crippen LogP contribution in [0.3, 0.4) is 0 Å². The maximum Gasteiger partial charge on any atom is 0.219 e. The van der Waals surface area contributed by atoms with Gasteiger partial charge in [0.15, 0.2) is 5.78 Å². The molecule has 0 fully saturated rings. The molecule has 1 rings (SSSR count). The summed E-state index contributed by atoms with van der Waals surface area (Å²) < 4.78 is 0. The molecule has 0 saturated heterocycles. The minimum Gasteiger partial charge on any atom is -0.399 e. The van der Waals surface area contributed by atoms with E-state index in [9.17, 15) is 14.7 Å². The fraction of sp³-hybridized carbons (Fsp3) is 0.273. The number of carbonyl (C=O) groups is 2. The molecule has 0 heterocycles. The Morgan fingerprint density at radius 3 is 2.24 bits per heavy atom. The zero-order valence-corrected chi connectivity index (χ0v) is 9.17. The molecular formula is C11H15N3O3. The highest BCUT2D eigenvalue weighted by Gasteiger charge is 2.24. The minimum absolute atomic E-state index is 0.287. The van der Waals surface area contributed by atoms with E-state index in [2.05, 4.69) is 0 Å². The third-order valence-electron chi connectivity index (χ3n) is 2.31. The lowest BCUT2D eigenvalue weighted by Crippen LogP contribution is -2.38. The molecule has 2 atom stereocenters. The third kappa shape index (κ3) is 3.54. The van der Waals surface area contributed by atoms with Gasteiger partial charge in [0, 0.05) is 12.1 Å². The lowest BCUT2D eigenvalue weighted by Gasteiger charge is -2.14. The average molecular weight is 237 g/mol. The van der Waals surface area contributed by atoms with Crippen LogP contribution in [-0.2, 0) is 9.59 Å². The van der Waals surface area contributed by atoms with Gasteiger partial charge in [-0.2, -0.15) is 0 Å². The number of aliphatic hydroxyl groups is 1. The van der Waals surface area contributed by atoms with E-state index in [4.69, 9.17) is 17.2 Å². The Morgan fingerprint density at radius 1 is 1.24 bits per heavy atom. The highest BCUT2D eigenvalue weighted by Crippen LogP contribution is 2.17. The predicted molar refractivity (Wildman–Crippen MR) is 62.6 cm³/mol. The van der Waals surface area contributed by atoms with Gasteiger partial charge in [-0.1, -0.05) is 12.1 Å². The second kappa shape index (κ2) is 5.42. The number of hydrogen-bond acceptors (Lipinski definition) is 5. The van der Waals surface area contributed by atoms with Gasteiger partial charge in [0.2, 0.25) is 5.91 Å². The third-order valence-corrected chi connectivity index (χ3v) is 2.31.